The van der Waals surface area contributed by atoms with Gasteiger partial charge in [-0.2, -0.15) is 0 Å². The van der Waals surface area contributed by atoms with Crippen molar-refractivity contribution in [3.63, 3.8) is 0 Å². The second-order valence-electron chi connectivity index (χ2n) is 8.45. The Morgan fingerprint density at radius 1 is 1.18 bits per heavy atom. The largest absolute Gasteiger partial charge is 0.480 e. The van der Waals surface area contributed by atoms with Gasteiger partial charge in [0.1, 0.15) is 12.1 Å². The van der Waals surface area contributed by atoms with E-state index in [1.807, 2.05) is 30.3 Å². The maximum atomic E-state index is 12.3. The molecular formula is C21H34BCl2N3O7. The van der Waals surface area contributed by atoms with E-state index in [2.05, 4.69) is 5.32 Å². The van der Waals surface area contributed by atoms with E-state index in [0.717, 1.165) is 5.56 Å². The molecule has 0 bridgehead atoms. The molecule has 0 aromatic heterocycles. The molecule has 0 radical (unpaired) electrons. The van der Waals surface area contributed by atoms with Crippen LogP contribution in [0.25, 0.3) is 0 Å². The topological polar surface area (TPSA) is 185 Å². The summed E-state index contributed by atoms with van der Waals surface area (Å²) in [5, 5.41) is 30.4. The van der Waals surface area contributed by atoms with Gasteiger partial charge in [-0.1, -0.05) is 36.8 Å². The minimum absolute atomic E-state index is 0. The Kier molecular flexibility index (Phi) is 14.3. The predicted octanol–water partition coefficient (Wildman–Crippen LogP) is 0.468. The van der Waals surface area contributed by atoms with Gasteiger partial charge in [-0.3, -0.25) is 14.4 Å². The van der Waals surface area contributed by atoms with Crippen LogP contribution in [0, 0.1) is 11.8 Å². The van der Waals surface area contributed by atoms with E-state index >= 15 is 0 Å². The summed E-state index contributed by atoms with van der Waals surface area (Å²) in [6.07, 6.45) is 1.60. The zero-order chi connectivity index (χ0) is 23.7. The van der Waals surface area contributed by atoms with Gasteiger partial charge in [0.05, 0.1) is 12.5 Å². The van der Waals surface area contributed by atoms with Crippen LogP contribution in [0.1, 0.15) is 37.7 Å². The third-order valence-electron chi connectivity index (χ3n) is 6.00. The number of carboxylic acids is 1. The van der Waals surface area contributed by atoms with Gasteiger partial charge in [0.25, 0.3) is 0 Å². The molecular weight excluding hydrogens is 488 g/mol. The normalized spacial score (nSPS) is 22.4. The number of carbonyl (C=O) groups excluding carboxylic acids is 2. The fourth-order valence-electron chi connectivity index (χ4n) is 4.04. The van der Waals surface area contributed by atoms with Crippen molar-refractivity contribution in [2.75, 3.05) is 6.54 Å². The summed E-state index contributed by atoms with van der Waals surface area (Å²) in [5.41, 5.74) is 11.3. The first kappa shape index (κ1) is 32.1. The molecule has 1 aromatic carbocycles. The number of ether oxygens (including phenoxy) is 1. The maximum absolute atomic E-state index is 12.3. The molecule has 34 heavy (non-hydrogen) atoms. The lowest BCUT2D eigenvalue weighted by Crippen LogP contribution is -2.60. The number of halogens is 2. The number of amides is 1. The highest BCUT2D eigenvalue weighted by atomic mass is 35.5. The van der Waals surface area contributed by atoms with Crippen molar-refractivity contribution >= 4 is 49.8 Å². The van der Waals surface area contributed by atoms with Crippen LogP contribution in [0.2, 0.25) is 6.32 Å². The Bertz CT molecular complexity index is 791. The average Bonchev–Trinajstić information content (AvgIpc) is 2.75. The molecule has 0 saturated heterocycles. The minimum atomic E-state index is -1.55. The third-order valence-corrected chi connectivity index (χ3v) is 6.00. The molecule has 1 fully saturated rings. The average molecular weight is 522 g/mol. The van der Waals surface area contributed by atoms with Crippen LogP contribution in [-0.2, 0) is 25.7 Å². The van der Waals surface area contributed by atoms with E-state index in [1.54, 1.807) is 0 Å². The number of benzene rings is 1. The number of hydrogen-bond acceptors (Lipinski definition) is 8. The van der Waals surface area contributed by atoms with Crippen molar-refractivity contribution < 1.29 is 34.3 Å². The van der Waals surface area contributed by atoms with Crippen molar-refractivity contribution in [2.45, 2.75) is 56.6 Å². The molecule has 0 spiro atoms. The molecule has 1 aliphatic carbocycles. The van der Waals surface area contributed by atoms with Gasteiger partial charge in [-0.15, -0.1) is 24.8 Å². The highest BCUT2D eigenvalue weighted by Gasteiger charge is 2.47. The van der Waals surface area contributed by atoms with Crippen LogP contribution in [0.4, 0.5) is 0 Å². The summed E-state index contributed by atoms with van der Waals surface area (Å²) in [7, 11) is -1.44. The molecule has 1 saturated carbocycles. The summed E-state index contributed by atoms with van der Waals surface area (Å²) >= 11 is 0. The van der Waals surface area contributed by atoms with Crippen molar-refractivity contribution in [1.29, 1.82) is 0 Å². The first-order valence-electron chi connectivity index (χ1n) is 10.7. The van der Waals surface area contributed by atoms with Gasteiger partial charge < -0.3 is 36.7 Å². The summed E-state index contributed by atoms with van der Waals surface area (Å²) < 4.78 is 5.13. The lowest BCUT2D eigenvalue weighted by molar-refractivity contribution is -0.148. The van der Waals surface area contributed by atoms with E-state index in [-0.39, 0.29) is 63.0 Å². The SMILES string of the molecule is Cl.Cl.N[C@@H](CC(=O)OCc1ccccc1)C(=O)NC[C@@H]1CC[C@@H](CCB(O)O)C[C@]1(N)C(=O)O. The molecule has 0 aliphatic heterocycles. The third kappa shape index (κ3) is 9.77. The van der Waals surface area contributed by atoms with Gasteiger partial charge in [0.15, 0.2) is 0 Å². The quantitative estimate of drug-likeness (QED) is 0.178. The smallest absolute Gasteiger partial charge is 0.451 e. The fraction of sp³-hybridized carbons (Fsp3) is 0.571. The lowest BCUT2D eigenvalue weighted by Gasteiger charge is -2.41. The van der Waals surface area contributed by atoms with Gasteiger partial charge >= 0.3 is 19.1 Å². The summed E-state index contributed by atoms with van der Waals surface area (Å²) in [6.45, 7) is 0.0998. The van der Waals surface area contributed by atoms with Crippen LogP contribution in [0.15, 0.2) is 30.3 Å². The summed E-state index contributed by atoms with van der Waals surface area (Å²) in [5.74, 6) is -2.93. The number of nitrogens with two attached hydrogens (primary N) is 2. The molecule has 192 valence electrons. The number of rotatable bonds is 11. The number of esters is 1. The van der Waals surface area contributed by atoms with Gasteiger partial charge in [-0.25, -0.2) is 0 Å². The zero-order valence-electron chi connectivity index (χ0n) is 18.8. The lowest BCUT2D eigenvalue weighted by atomic mass is 9.66. The van der Waals surface area contributed by atoms with E-state index in [9.17, 15) is 19.5 Å². The van der Waals surface area contributed by atoms with E-state index < -0.39 is 42.5 Å². The standard InChI is InChI=1S/C21H32BN3O7.2ClH/c23-17(10-18(26)32-13-15-4-2-1-3-5-15)19(27)25-12-16-7-6-14(8-9-22(30)31)11-21(16,24)20(28)29;;/h1-5,14,16-17,30-31H,6-13,23-24H2,(H,25,27)(H,28,29);2*1H/t14-,16-,17-,21+;;/m0../s1. The van der Waals surface area contributed by atoms with Crippen molar-refractivity contribution in [2.24, 2.45) is 23.3 Å². The van der Waals surface area contributed by atoms with Gasteiger partial charge in [-0.05, 0) is 37.1 Å². The molecule has 2 rings (SSSR count). The first-order chi connectivity index (χ1) is 15.1. The molecule has 10 nitrogen and oxygen atoms in total. The van der Waals surface area contributed by atoms with Gasteiger partial charge in [0, 0.05) is 12.5 Å². The maximum Gasteiger partial charge on any atom is 0.451 e. The molecule has 0 heterocycles. The number of carboxylic acid groups (broad SMARTS) is 1. The number of aliphatic carboxylic acids is 1. The Balaban J connectivity index is 0.00000544. The molecule has 13 heteroatoms. The number of hydrogen-bond donors (Lipinski definition) is 6. The molecule has 8 N–H and O–H groups in total. The van der Waals surface area contributed by atoms with Crippen LogP contribution in [0.5, 0.6) is 0 Å². The monoisotopic (exact) mass is 521 g/mol. The second-order valence-corrected chi connectivity index (χ2v) is 8.45. The molecule has 1 aliphatic rings. The highest BCUT2D eigenvalue weighted by molar-refractivity contribution is 6.40. The summed E-state index contributed by atoms with van der Waals surface area (Å²) in [6, 6.07) is 7.97. The fourth-order valence-corrected chi connectivity index (χ4v) is 4.04. The Morgan fingerprint density at radius 2 is 1.82 bits per heavy atom. The van der Waals surface area contributed by atoms with E-state index in [4.69, 9.17) is 26.3 Å². The highest BCUT2D eigenvalue weighted by Crippen LogP contribution is 2.38. The predicted molar refractivity (Wildman–Crippen MR) is 131 cm³/mol. The van der Waals surface area contributed by atoms with Crippen molar-refractivity contribution in [3.05, 3.63) is 35.9 Å². The van der Waals surface area contributed by atoms with Crippen molar-refractivity contribution in [1.82, 2.24) is 5.32 Å². The zero-order valence-corrected chi connectivity index (χ0v) is 20.4. The second kappa shape index (κ2) is 15.2. The van der Waals surface area contributed by atoms with Crippen LogP contribution >= 0.6 is 24.8 Å². The molecule has 1 aromatic rings. The number of nitrogens with one attached hydrogen (secondary N) is 1. The van der Waals surface area contributed by atoms with Gasteiger partial charge in [0.2, 0.25) is 5.91 Å². The molecule has 1 amide bonds. The van der Waals surface area contributed by atoms with Crippen LogP contribution in [0.3, 0.4) is 0 Å². The molecule has 4 atom stereocenters. The first-order valence-corrected chi connectivity index (χ1v) is 10.7. The Labute approximate surface area is 211 Å². The van der Waals surface area contributed by atoms with E-state index in [1.165, 1.54) is 0 Å². The minimum Gasteiger partial charge on any atom is -0.480 e. The Morgan fingerprint density at radius 3 is 2.41 bits per heavy atom. The summed E-state index contributed by atoms with van der Waals surface area (Å²) in [4.78, 5) is 36.2. The number of carbonyl (C=O) groups is 3. The van der Waals surface area contributed by atoms with Crippen LogP contribution in [-0.4, -0.2) is 58.2 Å². The van der Waals surface area contributed by atoms with E-state index in [0.29, 0.717) is 19.3 Å². The Hall–Kier alpha value is -1.89. The van der Waals surface area contributed by atoms with Crippen molar-refractivity contribution in [3.8, 4) is 0 Å². The molecule has 0 unspecified atom stereocenters. The van der Waals surface area contributed by atoms with Crippen LogP contribution < -0.4 is 16.8 Å².